The number of likely N-dealkylation sites (N-methyl/N-ethyl adjacent to an activating group) is 1. The molecule has 0 unspecified atom stereocenters. The number of benzene rings is 1. The van der Waals surface area contributed by atoms with Crippen molar-refractivity contribution in [1.82, 2.24) is 19.7 Å². The molecule has 0 radical (unpaired) electrons. The molecule has 1 aromatic heterocycles. The molecule has 1 aliphatic heterocycles. The van der Waals surface area contributed by atoms with Gasteiger partial charge in [-0.15, -0.1) is 0 Å². The molecule has 36 heavy (non-hydrogen) atoms. The van der Waals surface area contributed by atoms with E-state index in [0.717, 1.165) is 42.3 Å². The zero-order valence-corrected chi connectivity index (χ0v) is 21.5. The van der Waals surface area contributed by atoms with E-state index in [1.807, 2.05) is 45.7 Å². The summed E-state index contributed by atoms with van der Waals surface area (Å²) in [5.41, 5.74) is 7.34. The third kappa shape index (κ3) is 5.20. The molecular weight excluding hydrogens is 458 g/mol. The fourth-order valence-electron chi connectivity index (χ4n) is 5.52. The molecule has 1 atom stereocenters. The monoisotopic (exact) mass is 495 g/mol. The maximum Gasteiger partial charge on any atom is 0.270 e. The number of hydrogen-bond acceptors (Lipinski definition) is 5. The summed E-state index contributed by atoms with van der Waals surface area (Å²) in [5.74, 6) is -0.0466. The summed E-state index contributed by atoms with van der Waals surface area (Å²) in [6.45, 7) is 1.85. The average Bonchev–Trinajstić information content (AvgIpc) is 3.24. The Bertz CT molecular complexity index is 1160. The quantitative estimate of drug-likeness (QED) is 0.573. The Morgan fingerprint density at radius 3 is 2.33 bits per heavy atom. The zero-order valence-electron chi connectivity index (χ0n) is 21.5. The molecule has 0 bridgehead atoms. The van der Waals surface area contributed by atoms with Crippen molar-refractivity contribution in [3.63, 3.8) is 0 Å². The molecule has 2 aliphatic rings. The van der Waals surface area contributed by atoms with Gasteiger partial charge in [-0.25, -0.2) is 0 Å². The van der Waals surface area contributed by atoms with Crippen LogP contribution in [0.25, 0.3) is 10.9 Å². The maximum atomic E-state index is 13.6. The lowest BCUT2D eigenvalue weighted by Gasteiger charge is -2.38. The van der Waals surface area contributed by atoms with E-state index in [9.17, 15) is 14.4 Å². The number of aromatic nitrogens is 1. The van der Waals surface area contributed by atoms with Crippen LogP contribution in [0.4, 0.5) is 0 Å². The van der Waals surface area contributed by atoms with Crippen molar-refractivity contribution < 1.29 is 19.1 Å². The van der Waals surface area contributed by atoms with Crippen molar-refractivity contribution in [3.05, 3.63) is 41.7 Å². The third-order valence-electron chi connectivity index (χ3n) is 7.67. The van der Waals surface area contributed by atoms with Gasteiger partial charge in [0.2, 0.25) is 5.91 Å². The minimum absolute atomic E-state index is 0.0136. The smallest absolute Gasteiger partial charge is 0.270 e. The number of nitrogens with one attached hydrogen (secondary N) is 1. The molecule has 1 saturated heterocycles. The van der Waals surface area contributed by atoms with Gasteiger partial charge in [-0.05, 0) is 43.0 Å². The molecule has 3 amide bonds. The Morgan fingerprint density at radius 1 is 1.06 bits per heavy atom. The molecule has 2 heterocycles. The second kappa shape index (κ2) is 11.1. The highest BCUT2D eigenvalue weighted by Gasteiger charge is 2.34. The Labute approximate surface area is 212 Å². The van der Waals surface area contributed by atoms with E-state index in [1.165, 1.54) is 6.42 Å². The zero-order chi connectivity index (χ0) is 25.8. The average molecular weight is 496 g/mol. The van der Waals surface area contributed by atoms with Crippen LogP contribution in [0.1, 0.15) is 42.6 Å². The summed E-state index contributed by atoms with van der Waals surface area (Å²) < 4.78 is 7.22. The first-order chi connectivity index (χ1) is 17.3. The van der Waals surface area contributed by atoms with E-state index in [4.69, 9.17) is 10.5 Å². The fourth-order valence-corrected chi connectivity index (χ4v) is 5.52. The number of nitrogens with two attached hydrogens (primary N) is 1. The summed E-state index contributed by atoms with van der Waals surface area (Å²) in [6.07, 6.45) is 7.01. The lowest BCUT2D eigenvalue weighted by atomic mass is 9.78. The van der Waals surface area contributed by atoms with Gasteiger partial charge in [0.1, 0.15) is 11.4 Å². The van der Waals surface area contributed by atoms with Crippen molar-refractivity contribution in [2.45, 2.75) is 32.1 Å². The first-order valence-corrected chi connectivity index (χ1v) is 12.7. The minimum Gasteiger partial charge on any atom is -0.497 e. The van der Waals surface area contributed by atoms with E-state index in [2.05, 4.69) is 5.32 Å². The van der Waals surface area contributed by atoms with Crippen LogP contribution >= 0.6 is 0 Å². The van der Waals surface area contributed by atoms with Crippen LogP contribution in [0, 0.1) is 11.8 Å². The summed E-state index contributed by atoms with van der Waals surface area (Å²) in [7, 11) is 5.15. The lowest BCUT2D eigenvalue weighted by Crippen LogP contribution is -2.52. The van der Waals surface area contributed by atoms with E-state index < -0.39 is 11.8 Å². The second-order valence-electron chi connectivity index (χ2n) is 9.75. The van der Waals surface area contributed by atoms with Crippen LogP contribution in [-0.4, -0.2) is 72.4 Å². The van der Waals surface area contributed by atoms with Gasteiger partial charge in [0.05, 0.1) is 24.2 Å². The standard InChI is InChI=1S/C27H37N5O4/c1-29-22(25(28)33)17-21(18-7-5-4-6-8-18)26(34)31-11-13-32(14-12-31)27(35)24-15-19-9-10-20(36-3)16-23(19)30(24)2/h9-10,15-18,21,29H,4-8,11-14H2,1-3H3,(H2,28,33)/t21-/m1/s1. The van der Waals surface area contributed by atoms with Crippen molar-refractivity contribution in [2.24, 2.45) is 24.6 Å². The van der Waals surface area contributed by atoms with Gasteiger partial charge in [0, 0.05) is 51.7 Å². The molecule has 0 spiro atoms. The lowest BCUT2D eigenvalue weighted by molar-refractivity contribution is -0.137. The minimum atomic E-state index is -0.561. The van der Waals surface area contributed by atoms with Crippen LogP contribution < -0.4 is 15.8 Å². The third-order valence-corrected chi connectivity index (χ3v) is 7.67. The molecule has 9 heteroatoms. The van der Waals surface area contributed by atoms with Crippen LogP contribution in [0.2, 0.25) is 0 Å². The van der Waals surface area contributed by atoms with E-state index >= 15 is 0 Å². The topological polar surface area (TPSA) is 110 Å². The van der Waals surface area contributed by atoms with Crippen molar-refractivity contribution >= 4 is 28.6 Å². The van der Waals surface area contributed by atoms with Gasteiger partial charge in [0.15, 0.2) is 0 Å². The normalized spacial score (nSPS) is 18.2. The van der Waals surface area contributed by atoms with Gasteiger partial charge in [0.25, 0.3) is 11.8 Å². The van der Waals surface area contributed by atoms with Gasteiger partial charge in [-0.2, -0.15) is 0 Å². The summed E-state index contributed by atoms with van der Waals surface area (Å²) >= 11 is 0. The van der Waals surface area contributed by atoms with Crippen molar-refractivity contribution in [1.29, 1.82) is 0 Å². The SMILES string of the molecule is CNC(=C[C@@H](C(=O)N1CCN(C(=O)c2cc3ccc(OC)cc3n2C)CC1)C1CCCCC1)C(N)=O. The van der Waals surface area contributed by atoms with Gasteiger partial charge in [-0.1, -0.05) is 19.3 Å². The first-order valence-electron chi connectivity index (χ1n) is 12.7. The Kier molecular flexibility index (Phi) is 7.86. The molecule has 194 valence electrons. The molecule has 2 fully saturated rings. The highest BCUT2D eigenvalue weighted by Crippen LogP contribution is 2.33. The molecule has 1 aromatic carbocycles. The van der Waals surface area contributed by atoms with Gasteiger partial charge < -0.3 is 30.2 Å². The van der Waals surface area contributed by atoms with Crippen molar-refractivity contribution in [2.75, 3.05) is 40.3 Å². The van der Waals surface area contributed by atoms with Crippen LogP contribution in [-0.2, 0) is 16.6 Å². The number of ether oxygens (including phenoxy) is 1. The summed E-state index contributed by atoms with van der Waals surface area (Å²) in [6, 6.07) is 7.66. The number of methoxy groups -OCH3 is 1. The van der Waals surface area contributed by atoms with Gasteiger partial charge >= 0.3 is 0 Å². The highest BCUT2D eigenvalue weighted by atomic mass is 16.5. The summed E-state index contributed by atoms with van der Waals surface area (Å²) in [4.78, 5) is 42.5. The number of nitrogens with zero attached hydrogens (tertiary/aromatic N) is 3. The molecule has 1 aliphatic carbocycles. The van der Waals surface area contributed by atoms with Crippen LogP contribution in [0.15, 0.2) is 36.0 Å². The molecule has 1 saturated carbocycles. The van der Waals surface area contributed by atoms with Gasteiger partial charge in [-0.3, -0.25) is 14.4 Å². The number of piperazine rings is 1. The molecule has 9 nitrogen and oxygen atoms in total. The Hall–Kier alpha value is -3.49. The second-order valence-corrected chi connectivity index (χ2v) is 9.75. The maximum absolute atomic E-state index is 13.6. The number of carbonyl (C=O) groups is 3. The van der Waals surface area contributed by atoms with E-state index in [1.54, 1.807) is 20.2 Å². The number of primary amides is 1. The number of aryl methyl sites for hydroxylation is 1. The number of hydrogen-bond donors (Lipinski definition) is 2. The van der Waals surface area contributed by atoms with E-state index in [-0.39, 0.29) is 23.4 Å². The number of amides is 3. The number of carbonyl (C=O) groups excluding carboxylic acids is 3. The van der Waals surface area contributed by atoms with E-state index in [0.29, 0.717) is 31.9 Å². The predicted molar refractivity (Wildman–Crippen MR) is 138 cm³/mol. The number of fused-ring (bicyclic) bond motifs is 1. The summed E-state index contributed by atoms with van der Waals surface area (Å²) in [5, 5.41) is 3.82. The van der Waals surface area contributed by atoms with Crippen LogP contribution in [0.5, 0.6) is 5.75 Å². The molecule has 3 N–H and O–H groups in total. The molecular formula is C27H37N5O4. The Morgan fingerprint density at radius 2 is 1.72 bits per heavy atom. The first kappa shape index (κ1) is 25.6. The largest absolute Gasteiger partial charge is 0.497 e. The van der Waals surface area contributed by atoms with Crippen LogP contribution in [0.3, 0.4) is 0 Å². The van der Waals surface area contributed by atoms with Crippen molar-refractivity contribution in [3.8, 4) is 5.75 Å². The number of rotatable bonds is 7. The predicted octanol–water partition coefficient (Wildman–Crippen LogP) is 2.26. The fraction of sp³-hybridized carbons (Fsp3) is 0.519. The molecule has 4 rings (SSSR count). The Balaban J connectivity index is 1.47. The highest BCUT2D eigenvalue weighted by molar-refractivity contribution is 5.99. The molecule has 2 aromatic rings.